The van der Waals surface area contributed by atoms with Gasteiger partial charge in [0.25, 0.3) is 0 Å². The van der Waals surface area contributed by atoms with E-state index < -0.39 is 11.0 Å². The van der Waals surface area contributed by atoms with Gasteiger partial charge in [-0.15, -0.1) is 0 Å². The molecule has 6 rings (SSSR count). The summed E-state index contributed by atoms with van der Waals surface area (Å²) < 4.78 is 0.895. The average molecular weight is 492 g/mol. The molecule has 2 atom stereocenters. The lowest BCUT2D eigenvalue weighted by molar-refractivity contribution is 0.165. The molecule has 1 aliphatic carbocycles. The number of nitriles is 2. The predicted molar refractivity (Wildman–Crippen MR) is 129 cm³/mol. The van der Waals surface area contributed by atoms with Crippen molar-refractivity contribution in [2.45, 2.75) is 11.5 Å². The molecule has 1 spiro atoms. The Hall–Kier alpha value is -3.58. The minimum Gasteiger partial charge on any atom is -0.289 e. The molecule has 0 amide bonds. The van der Waals surface area contributed by atoms with Crippen molar-refractivity contribution in [3.63, 3.8) is 0 Å². The molecule has 0 bridgehead atoms. The summed E-state index contributed by atoms with van der Waals surface area (Å²) in [6.07, 6.45) is 0. The Morgan fingerprint density at radius 3 is 2.27 bits per heavy atom. The van der Waals surface area contributed by atoms with Crippen molar-refractivity contribution in [2.75, 3.05) is 13.6 Å². The summed E-state index contributed by atoms with van der Waals surface area (Å²) in [6, 6.07) is 28.6. The van der Waals surface area contributed by atoms with Gasteiger partial charge in [-0.3, -0.25) is 4.90 Å². The number of rotatable bonds is 1. The van der Waals surface area contributed by atoms with Gasteiger partial charge < -0.3 is 0 Å². The van der Waals surface area contributed by atoms with Crippen molar-refractivity contribution >= 4 is 27.0 Å². The van der Waals surface area contributed by atoms with E-state index in [9.17, 15) is 10.5 Å². The first-order valence-corrected chi connectivity index (χ1v) is 11.5. The van der Waals surface area contributed by atoms with Crippen LogP contribution in [0.25, 0.3) is 22.3 Å². The largest absolute Gasteiger partial charge is 0.289 e. The minimum atomic E-state index is -1.41. The molecule has 158 valence electrons. The van der Waals surface area contributed by atoms with Gasteiger partial charge >= 0.3 is 0 Å². The number of benzene rings is 3. The van der Waals surface area contributed by atoms with Gasteiger partial charge in [0, 0.05) is 22.5 Å². The molecule has 0 saturated carbocycles. The molecule has 2 aliphatic rings. The number of aromatic nitrogens is 2. The molecule has 5 nitrogen and oxygen atoms in total. The lowest BCUT2D eigenvalue weighted by atomic mass is 9.62. The molecular weight excluding hydrogens is 474 g/mol. The van der Waals surface area contributed by atoms with Crippen LogP contribution in [0, 0.1) is 28.1 Å². The summed E-state index contributed by atoms with van der Waals surface area (Å²) in [5.41, 5.74) is 3.32. The summed E-state index contributed by atoms with van der Waals surface area (Å²) in [5, 5.41) is 21.6. The smallest absolute Gasteiger partial charge is 0.179 e. The third-order valence-corrected chi connectivity index (χ3v) is 7.96. The molecule has 33 heavy (non-hydrogen) atoms. The van der Waals surface area contributed by atoms with E-state index in [0.29, 0.717) is 12.2 Å². The van der Waals surface area contributed by atoms with Crippen LogP contribution in [0.2, 0.25) is 0 Å². The van der Waals surface area contributed by atoms with E-state index in [-0.39, 0.29) is 5.92 Å². The maximum absolute atomic E-state index is 10.8. The van der Waals surface area contributed by atoms with E-state index in [1.807, 2.05) is 79.8 Å². The third-order valence-electron chi connectivity index (χ3n) is 7.24. The number of likely N-dealkylation sites (N-methyl/N-ethyl adjacent to an activating group) is 1. The molecule has 0 unspecified atom stereocenters. The Labute approximate surface area is 200 Å². The highest BCUT2D eigenvalue weighted by Crippen LogP contribution is 2.65. The third kappa shape index (κ3) is 2.32. The monoisotopic (exact) mass is 491 g/mol. The number of hydrogen-bond acceptors (Lipinski definition) is 5. The molecule has 6 heteroatoms. The van der Waals surface area contributed by atoms with E-state index in [1.54, 1.807) is 0 Å². The fourth-order valence-electron chi connectivity index (χ4n) is 5.89. The lowest BCUT2D eigenvalue weighted by Crippen LogP contribution is -2.49. The van der Waals surface area contributed by atoms with Gasteiger partial charge in [0.05, 0.1) is 34.6 Å². The van der Waals surface area contributed by atoms with Gasteiger partial charge in [-0.1, -0.05) is 70.5 Å². The topological polar surface area (TPSA) is 76.6 Å². The summed E-state index contributed by atoms with van der Waals surface area (Å²) in [4.78, 5) is 12.2. The number of para-hydroxylation sites is 2. The number of halogens is 1. The van der Waals surface area contributed by atoms with Crippen LogP contribution in [0.3, 0.4) is 0 Å². The number of hydrogen-bond donors (Lipinski definition) is 0. The van der Waals surface area contributed by atoms with Crippen LogP contribution in [-0.2, 0) is 5.54 Å². The summed E-state index contributed by atoms with van der Waals surface area (Å²) in [6.45, 7) is 0.534. The Bertz CT molecular complexity index is 1520. The Morgan fingerprint density at radius 1 is 0.909 bits per heavy atom. The molecule has 0 radical (unpaired) electrons. The average Bonchev–Trinajstić information content (AvgIpc) is 3.29. The zero-order valence-electron chi connectivity index (χ0n) is 17.8. The summed E-state index contributed by atoms with van der Waals surface area (Å²) >= 11 is 3.66. The molecule has 1 saturated heterocycles. The van der Waals surface area contributed by atoms with Crippen LogP contribution >= 0.6 is 15.9 Å². The van der Waals surface area contributed by atoms with Crippen LogP contribution in [0.15, 0.2) is 77.3 Å². The van der Waals surface area contributed by atoms with Crippen LogP contribution in [0.1, 0.15) is 22.7 Å². The maximum Gasteiger partial charge on any atom is 0.179 e. The second-order valence-electron chi connectivity index (χ2n) is 8.65. The molecular formula is C27H18BrN5. The van der Waals surface area contributed by atoms with Gasteiger partial charge in [0.2, 0.25) is 0 Å². The highest BCUT2D eigenvalue weighted by Gasteiger charge is 2.71. The predicted octanol–water partition coefficient (Wildman–Crippen LogP) is 5.38. The van der Waals surface area contributed by atoms with Crippen LogP contribution in [0.4, 0.5) is 0 Å². The van der Waals surface area contributed by atoms with Crippen molar-refractivity contribution in [3.05, 3.63) is 94.1 Å². The fourth-order valence-corrected chi connectivity index (χ4v) is 6.45. The first-order valence-electron chi connectivity index (χ1n) is 10.7. The van der Waals surface area contributed by atoms with Crippen molar-refractivity contribution in [1.29, 1.82) is 10.5 Å². The van der Waals surface area contributed by atoms with E-state index in [1.165, 1.54) is 0 Å². The standard InChI is InChI=1S/C27H18BrN5/c1-33-14-20(17-8-3-5-11-21(17)28)26(15-29,16-30)27(33)19-10-4-2-9-18(19)24-25(27)32-23-13-7-6-12-22(23)31-24/h2-13,20H,14H2,1H3/t20-,27-/m1/s1. The number of nitrogens with zero attached hydrogens (tertiary/aromatic N) is 5. The minimum absolute atomic E-state index is 0.347. The Kier molecular flexibility index (Phi) is 4.23. The van der Waals surface area contributed by atoms with Gasteiger partial charge in [-0.05, 0) is 36.4 Å². The van der Waals surface area contributed by atoms with Crippen LogP contribution < -0.4 is 0 Å². The van der Waals surface area contributed by atoms with Gasteiger partial charge in [-0.2, -0.15) is 10.5 Å². The highest BCUT2D eigenvalue weighted by molar-refractivity contribution is 9.10. The molecule has 1 aliphatic heterocycles. The molecule has 4 aromatic rings. The maximum atomic E-state index is 10.8. The van der Waals surface area contributed by atoms with Crippen LogP contribution in [0.5, 0.6) is 0 Å². The van der Waals surface area contributed by atoms with Crippen LogP contribution in [-0.4, -0.2) is 28.5 Å². The molecule has 3 aromatic carbocycles. The Balaban J connectivity index is 1.75. The Morgan fingerprint density at radius 2 is 1.55 bits per heavy atom. The van der Waals surface area contributed by atoms with Gasteiger partial charge in [-0.25, -0.2) is 9.97 Å². The molecule has 1 fully saturated rings. The van der Waals surface area contributed by atoms with Crippen molar-refractivity contribution in [3.8, 4) is 23.4 Å². The number of likely N-dealkylation sites (tertiary alicyclic amines) is 1. The zero-order valence-corrected chi connectivity index (χ0v) is 19.4. The summed E-state index contributed by atoms with van der Waals surface area (Å²) in [7, 11) is 1.99. The first-order chi connectivity index (χ1) is 16.1. The molecule has 1 aromatic heterocycles. The lowest BCUT2D eigenvalue weighted by Gasteiger charge is -2.40. The van der Waals surface area contributed by atoms with Gasteiger partial charge in [0.15, 0.2) is 5.41 Å². The fraction of sp³-hybridized carbons (Fsp3) is 0.185. The van der Waals surface area contributed by atoms with Gasteiger partial charge in [0.1, 0.15) is 5.54 Å². The molecule has 2 heterocycles. The summed E-state index contributed by atoms with van der Waals surface area (Å²) in [5.74, 6) is -0.347. The van der Waals surface area contributed by atoms with Crippen molar-refractivity contribution in [1.82, 2.24) is 14.9 Å². The van der Waals surface area contributed by atoms with E-state index in [0.717, 1.165) is 37.9 Å². The second kappa shape index (κ2) is 6.96. The quantitative estimate of drug-likeness (QED) is 0.357. The van der Waals surface area contributed by atoms with E-state index in [2.05, 4.69) is 33.0 Å². The van der Waals surface area contributed by atoms with Crippen molar-refractivity contribution < 1.29 is 0 Å². The normalized spacial score (nSPS) is 22.6. The number of fused-ring (bicyclic) bond motifs is 6. The highest BCUT2D eigenvalue weighted by atomic mass is 79.9. The first kappa shape index (κ1) is 20.1. The van der Waals surface area contributed by atoms with Crippen molar-refractivity contribution in [2.24, 2.45) is 5.41 Å². The van der Waals surface area contributed by atoms with E-state index >= 15 is 0 Å². The SMILES string of the molecule is CN1C[C@H](c2ccccc2Br)C(C#N)(C#N)[C@]12c1ccccc1-c1nc3ccccc3nc12. The second-order valence-corrected chi connectivity index (χ2v) is 9.51. The van der Waals surface area contributed by atoms with E-state index in [4.69, 9.17) is 9.97 Å². The molecule has 0 N–H and O–H groups in total. The zero-order chi connectivity index (χ0) is 22.8.